The fourth-order valence-corrected chi connectivity index (χ4v) is 4.06. The Morgan fingerprint density at radius 1 is 1.20 bits per heavy atom. The lowest BCUT2D eigenvalue weighted by atomic mass is 9.54. The van der Waals surface area contributed by atoms with Gasteiger partial charge in [-0.15, -0.1) is 0 Å². The van der Waals surface area contributed by atoms with Gasteiger partial charge in [0.05, 0.1) is 7.11 Å². The van der Waals surface area contributed by atoms with E-state index in [1.165, 1.54) is 39.2 Å². The molecule has 3 atom stereocenters. The number of rotatable bonds is 6. The molecule has 0 aromatic heterocycles. The average Bonchev–Trinajstić information content (AvgIpc) is 2.72. The number of fused-ring (bicyclic) bond motifs is 3. The Kier molecular flexibility index (Phi) is 5.29. The number of esters is 1. The molecular formula is C18H30O2. The molecule has 114 valence electrons. The van der Waals surface area contributed by atoms with Crippen LogP contribution < -0.4 is 0 Å². The first kappa shape index (κ1) is 15.6. The minimum atomic E-state index is -0.0934. The summed E-state index contributed by atoms with van der Waals surface area (Å²) in [5.74, 6) is 2.75. The molecule has 20 heavy (non-hydrogen) atoms. The summed E-state index contributed by atoms with van der Waals surface area (Å²) in [4.78, 5) is 11.0. The van der Waals surface area contributed by atoms with E-state index < -0.39 is 0 Å². The molecule has 0 spiro atoms. The third-order valence-electron chi connectivity index (χ3n) is 5.83. The maximum Gasteiger partial charge on any atom is 0.305 e. The van der Waals surface area contributed by atoms with E-state index in [-0.39, 0.29) is 5.97 Å². The van der Waals surface area contributed by atoms with Gasteiger partial charge in [0.1, 0.15) is 0 Å². The lowest BCUT2D eigenvalue weighted by molar-refractivity contribution is -0.140. The van der Waals surface area contributed by atoms with Gasteiger partial charge < -0.3 is 4.74 Å². The van der Waals surface area contributed by atoms with Gasteiger partial charge in [-0.25, -0.2) is 0 Å². The van der Waals surface area contributed by atoms with Gasteiger partial charge in [0.2, 0.25) is 0 Å². The maximum atomic E-state index is 11.0. The fraction of sp³-hybridized carbons (Fsp3) is 0.833. The molecule has 0 N–H and O–H groups in total. The van der Waals surface area contributed by atoms with Crippen LogP contribution in [0.2, 0.25) is 0 Å². The molecule has 2 bridgehead atoms. The predicted molar refractivity (Wildman–Crippen MR) is 82.3 cm³/mol. The average molecular weight is 278 g/mol. The van der Waals surface area contributed by atoms with E-state index >= 15 is 0 Å². The Morgan fingerprint density at radius 3 is 2.70 bits per heavy atom. The van der Waals surface area contributed by atoms with Crippen LogP contribution in [0.5, 0.6) is 0 Å². The standard InChI is InChI=1S/C18H30O2/c1-18(2)15-11-10-14(12-16(18)13-15)8-6-4-5-7-9-17(19)20-3/h4,6,14-16H,5,7-13H2,1-3H3/b6-4-. The van der Waals surface area contributed by atoms with Crippen LogP contribution >= 0.6 is 0 Å². The molecule has 3 aliphatic rings. The van der Waals surface area contributed by atoms with Gasteiger partial charge in [0.25, 0.3) is 0 Å². The summed E-state index contributed by atoms with van der Waals surface area (Å²) in [7, 11) is 1.46. The van der Waals surface area contributed by atoms with Crippen molar-refractivity contribution in [1.82, 2.24) is 0 Å². The molecule has 0 aromatic rings. The summed E-state index contributed by atoms with van der Waals surface area (Å²) in [5, 5.41) is 0. The predicted octanol–water partition coefficient (Wildman–Crippen LogP) is 4.74. The lowest BCUT2D eigenvalue weighted by Crippen LogP contribution is -2.43. The third-order valence-corrected chi connectivity index (χ3v) is 5.83. The molecule has 0 aromatic carbocycles. The number of hydrogen-bond acceptors (Lipinski definition) is 2. The van der Waals surface area contributed by atoms with Crippen LogP contribution in [0.1, 0.15) is 65.2 Å². The molecular weight excluding hydrogens is 248 g/mol. The first-order valence-electron chi connectivity index (χ1n) is 8.25. The Morgan fingerprint density at radius 2 is 2.00 bits per heavy atom. The van der Waals surface area contributed by atoms with E-state index in [2.05, 4.69) is 30.7 Å². The smallest absolute Gasteiger partial charge is 0.305 e. The summed E-state index contributed by atoms with van der Waals surface area (Å²) in [6.07, 6.45) is 14.0. The van der Waals surface area contributed by atoms with E-state index in [1.807, 2.05) is 0 Å². The zero-order valence-electron chi connectivity index (χ0n) is 13.4. The Balaban J connectivity index is 1.64. The third kappa shape index (κ3) is 3.65. The topological polar surface area (TPSA) is 26.3 Å². The summed E-state index contributed by atoms with van der Waals surface area (Å²) in [5.41, 5.74) is 0.610. The number of ether oxygens (including phenoxy) is 1. The zero-order chi connectivity index (χ0) is 14.6. The highest BCUT2D eigenvalue weighted by molar-refractivity contribution is 5.68. The number of methoxy groups -OCH3 is 1. The van der Waals surface area contributed by atoms with Crippen LogP contribution in [0.4, 0.5) is 0 Å². The van der Waals surface area contributed by atoms with E-state index in [0.29, 0.717) is 11.8 Å². The molecule has 0 saturated heterocycles. The second-order valence-electron chi connectivity index (χ2n) is 7.31. The van der Waals surface area contributed by atoms with Gasteiger partial charge in [-0.2, -0.15) is 0 Å². The molecule has 2 heteroatoms. The van der Waals surface area contributed by atoms with E-state index in [0.717, 1.165) is 30.6 Å². The molecule has 0 radical (unpaired) electrons. The van der Waals surface area contributed by atoms with Crippen molar-refractivity contribution in [2.45, 2.75) is 65.2 Å². The molecule has 0 amide bonds. The maximum absolute atomic E-state index is 11.0. The van der Waals surface area contributed by atoms with E-state index in [1.54, 1.807) is 0 Å². The molecule has 3 unspecified atom stereocenters. The lowest BCUT2D eigenvalue weighted by Gasteiger charge is -2.51. The van der Waals surface area contributed by atoms with Crippen molar-refractivity contribution < 1.29 is 9.53 Å². The second kappa shape index (κ2) is 6.78. The molecule has 3 rings (SSSR count). The molecule has 3 fully saturated rings. The van der Waals surface area contributed by atoms with Crippen LogP contribution in [0.3, 0.4) is 0 Å². The fourth-order valence-electron chi connectivity index (χ4n) is 4.06. The van der Waals surface area contributed by atoms with Gasteiger partial charge in [-0.3, -0.25) is 4.79 Å². The normalized spacial score (nSPS) is 31.6. The van der Waals surface area contributed by atoms with Crippen molar-refractivity contribution in [3.8, 4) is 0 Å². The first-order chi connectivity index (χ1) is 9.54. The molecule has 3 aliphatic carbocycles. The minimum absolute atomic E-state index is 0.0934. The molecule has 0 aliphatic heterocycles. The van der Waals surface area contributed by atoms with Crippen molar-refractivity contribution in [1.29, 1.82) is 0 Å². The van der Waals surface area contributed by atoms with Crippen molar-refractivity contribution >= 4 is 5.97 Å². The van der Waals surface area contributed by atoms with Crippen molar-refractivity contribution in [3.63, 3.8) is 0 Å². The SMILES string of the molecule is COC(=O)CCC/C=C\CC1CCC2CC(C1)C2(C)C. The zero-order valence-corrected chi connectivity index (χ0v) is 13.4. The number of unbranched alkanes of at least 4 members (excludes halogenated alkanes) is 1. The van der Waals surface area contributed by atoms with Crippen molar-refractivity contribution in [3.05, 3.63) is 12.2 Å². The van der Waals surface area contributed by atoms with Crippen LogP contribution in [0, 0.1) is 23.2 Å². The van der Waals surface area contributed by atoms with Gasteiger partial charge in [-0.1, -0.05) is 26.0 Å². The number of carbonyl (C=O) groups is 1. The van der Waals surface area contributed by atoms with Crippen LogP contribution in [0.15, 0.2) is 12.2 Å². The summed E-state index contributed by atoms with van der Waals surface area (Å²) in [6, 6.07) is 0. The van der Waals surface area contributed by atoms with Crippen molar-refractivity contribution in [2.75, 3.05) is 7.11 Å². The first-order valence-corrected chi connectivity index (χ1v) is 8.25. The Labute approximate surface area is 124 Å². The highest BCUT2D eigenvalue weighted by Crippen LogP contribution is 2.58. The second-order valence-corrected chi connectivity index (χ2v) is 7.31. The van der Waals surface area contributed by atoms with E-state index in [9.17, 15) is 4.79 Å². The van der Waals surface area contributed by atoms with Crippen LogP contribution in [-0.4, -0.2) is 13.1 Å². The Bertz CT molecular complexity index is 356. The van der Waals surface area contributed by atoms with Gasteiger partial charge in [-0.05, 0) is 68.1 Å². The number of allylic oxidation sites excluding steroid dienone is 2. The van der Waals surface area contributed by atoms with Crippen molar-refractivity contribution in [2.24, 2.45) is 23.2 Å². The quantitative estimate of drug-likeness (QED) is 0.398. The highest BCUT2D eigenvalue weighted by Gasteiger charge is 2.49. The van der Waals surface area contributed by atoms with Gasteiger partial charge in [0.15, 0.2) is 0 Å². The summed E-state index contributed by atoms with van der Waals surface area (Å²) < 4.78 is 4.64. The number of carbonyl (C=O) groups excluding carboxylic acids is 1. The molecule has 0 heterocycles. The minimum Gasteiger partial charge on any atom is -0.469 e. The van der Waals surface area contributed by atoms with Gasteiger partial charge >= 0.3 is 5.97 Å². The monoisotopic (exact) mass is 278 g/mol. The molecule has 3 saturated carbocycles. The molecule has 2 nitrogen and oxygen atoms in total. The highest BCUT2D eigenvalue weighted by atomic mass is 16.5. The van der Waals surface area contributed by atoms with Gasteiger partial charge in [0, 0.05) is 6.42 Å². The van der Waals surface area contributed by atoms with E-state index in [4.69, 9.17) is 0 Å². The summed E-state index contributed by atoms with van der Waals surface area (Å²) >= 11 is 0. The summed E-state index contributed by atoms with van der Waals surface area (Å²) in [6.45, 7) is 4.94. The largest absolute Gasteiger partial charge is 0.469 e. The number of hydrogen-bond donors (Lipinski definition) is 0. The van der Waals surface area contributed by atoms with Crippen LogP contribution in [0.25, 0.3) is 0 Å². The van der Waals surface area contributed by atoms with Crippen LogP contribution in [-0.2, 0) is 9.53 Å². The Hall–Kier alpha value is -0.790.